The number of amides is 2. The largest absolute Gasteiger partial charge is 0.462 e. The molecule has 0 aliphatic carbocycles. The van der Waals surface area contributed by atoms with Gasteiger partial charge >= 0.3 is 5.97 Å². The first-order chi connectivity index (χ1) is 13.8. The average Bonchev–Trinajstić information content (AvgIpc) is 2.98. The Morgan fingerprint density at radius 2 is 1.72 bits per heavy atom. The third-order valence-corrected chi connectivity index (χ3v) is 4.46. The van der Waals surface area contributed by atoms with Crippen molar-refractivity contribution >= 4 is 23.7 Å². The number of carbonyl (C=O) groups excluding carboxylic acids is 3. The number of anilines is 1. The standard InChI is InChI=1S/C21H27N3O5/c1-5-14-7-9-15(10-8-14)11-24(4)12-16(25)23-20-18(19(22)26)17(13(3)29-20)21(27)28-6-2/h7-10H,5-6,11-12H2,1-4H3,(H2,22,26)(H,23,25)/p+1. The van der Waals surface area contributed by atoms with Gasteiger partial charge in [0.1, 0.15) is 23.4 Å². The molecule has 1 atom stereocenters. The van der Waals surface area contributed by atoms with Crippen LogP contribution in [0.15, 0.2) is 28.7 Å². The van der Waals surface area contributed by atoms with E-state index < -0.39 is 11.9 Å². The SMILES string of the molecule is CCOC(=O)c1c(C)oc(NC(=O)C[NH+](C)Cc2ccc(CC)cc2)c1C(N)=O. The number of nitrogens with two attached hydrogens (primary N) is 1. The van der Waals surface area contributed by atoms with Crippen LogP contribution < -0.4 is 16.0 Å². The number of furan rings is 1. The van der Waals surface area contributed by atoms with Gasteiger partial charge in [-0.15, -0.1) is 0 Å². The number of rotatable bonds is 9. The highest BCUT2D eigenvalue weighted by molar-refractivity contribution is 6.10. The van der Waals surface area contributed by atoms with E-state index in [1.54, 1.807) is 6.92 Å². The number of nitrogens with one attached hydrogen (secondary N) is 2. The minimum atomic E-state index is -0.878. The van der Waals surface area contributed by atoms with Gasteiger partial charge in [0.15, 0.2) is 6.54 Å². The lowest BCUT2D eigenvalue weighted by molar-refractivity contribution is -0.885. The number of hydrogen-bond acceptors (Lipinski definition) is 5. The normalized spacial score (nSPS) is 11.7. The monoisotopic (exact) mass is 402 g/mol. The van der Waals surface area contributed by atoms with Crippen LogP contribution in [0, 0.1) is 6.92 Å². The van der Waals surface area contributed by atoms with Gasteiger partial charge in [0.25, 0.3) is 11.8 Å². The Morgan fingerprint density at radius 1 is 1.10 bits per heavy atom. The van der Waals surface area contributed by atoms with Crippen molar-refractivity contribution in [3.63, 3.8) is 0 Å². The summed E-state index contributed by atoms with van der Waals surface area (Å²) in [6, 6.07) is 8.24. The van der Waals surface area contributed by atoms with Gasteiger partial charge in [-0.3, -0.25) is 14.9 Å². The maximum absolute atomic E-state index is 12.4. The summed E-state index contributed by atoms with van der Waals surface area (Å²) in [6.07, 6.45) is 0.976. The second-order valence-corrected chi connectivity index (χ2v) is 6.85. The zero-order valence-corrected chi connectivity index (χ0v) is 17.3. The van der Waals surface area contributed by atoms with E-state index in [1.165, 1.54) is 12.5 Å². The zero-order chi connectivity index (χ0) is 21.6. The molecular weight excluding hydrogens is 374 g/mol. The minimum absolute atomic E-state index is 0.0636. The molecule has 0 aliphatic rings. The average molecular weight is 402 g/mol. The number of aryl methyl sites for hydroxylation is 2. The molecule has 156 valence electrons. The Balaban J connectivity index is 2.08. The fourth-order valence-corrected chi connectivity index (χ4v) is 3.07. The number of carbonyl (C=O) groups is 3. The Hall–Kier alpha value is -3.13. The van der Waals surface area contributed by atoms with Gasteiger partial charge in [-0.25, -0.2) is 4.79 Å². The highest BCUT2D eigenvalue weighted by atomic mass is 16.5. The Kier molecular flexibility index (Phi) is 7.55. The van der Waals surface area contributed by atoms with Gasteiger partial charge in [0.05, 0.1) is 13.7 Å². The van der Waals surface area contributed by atoms with E-state index in [2.05, 4.69) is 24.4 Å². The Labute approximate surface area is 170 Å². The van der Waals surface area contributed by atoms with Crippen molar-refractivity contribution in [2.45, 2.75) is 33.7 Å². The lowest BCUT2D eigenvalue weighted by Gasteiger charge is -2.14. The van der Waals surface area contributed by atoms with Crippen molar-refractivity contribution < 1.29 is 28.4 Å². The highest BCUT2D eigenvalue weighted by Gasteiger charge is 2.29. The second-order valence-electron chi connectivity index (χ2n) is 6.85. The summed E-state index contributed by atoms with van der Waals surface area (Å²) in [4.78, 5) is 37.4. The molecule has 0 bridgehead atoms. The number of primary amides is 1. The van der Waals surface area contributed by atoms with Gasteiger partial charge in [-0.2, -0.15) is 0 Å². The summed E-state index contributed by atoms with van der Waals surface area (Å²) in [5.41, 5.74) is 7.53. The van der Waals surface area contributed by atoms with Crippen LogP contribution in [0.2, 0.25) is 0 Å². The maximum Gasteiger partial charge on any atom is 0.342 e. The molecule has 0 aliphatic heterocycles. The maximum atomic E-state index is 12.4. The first kappa shape index (κ1) is 22.2. The summed E-state index contributed by atoms with van der Waals surface area (Å²) in [6.45, 7) is 6.19. The molecule has 2 rings (SSSR count). The summed E-state index contributed by atoms with van der Waals surface area (Å²) in [5.74, 6) is -1.94. The first-order valence-electron chi connectivity index (χ1n) is 9.56. The van der Waals surface area contributed by atoms with Crippen molar-refractivity contribution in [3.05, 3.63) is 52.3 Å². The summed E-state index contributed by atoms with van der Waals surface area (Å²) in [7, 11) is 1.89. The van der Waals surface area contributed by atoms with E-state index in [1.807, 2.05) is 19.2 Å². The molecule has 0 radical (unpaired) electrons. The fraction of sp³-hybridized carbons (Fsp3) is 0.381. The van der Waals surface area contributed by atoms with Crippen molar-refractivity contribution in [1.29, 1.82) is 0 Å². The molecular formula is C21H28N3O5+. The van der Waals surface area contributed by atoms with Crippen molar-refractivity contribution in [2.75, 3.05) is 25.5 Å². The fourth-order valence-electron chi connectivity index (χ4n) is 3.07. The van der Waals surface area contributed by atoms with Gasteiger partial charge < -0.3 is 19.8 Å². The molecule has 2 aromatic rings. The molecule has 4 N–H and O–H groups in total. The summed E-state index contributed by atoms with van der Waals surface area (Å²) in [5, 5.41) is 2.55. The summed E-state index contributed by atoms with van der Waals surface area (Å²) >= 11 is 0. The quantitative estimate of drug-likeness (QED) is 0.543. The first-order valence-corrected chi connectivity index (χ1v) is 9.56. The number of quaternary nitrogens is 1. The number of esters is 1. The van der Waals surface area contributed by atoms with Crippen LogP contribution in [-0.2, 0) is 22.5 Å². The molecule has 0 spiro atoms. The van der Waals surface area contributed by atoms with Crippen molar-refractivity contribution in [1.82, 2.24) is 0 Å². The number of likely N-dealkylation sites (N-methyl/N-ethyl adjacent to an activating group) is 1. The molecule has 29 heavy (non-hydrogen) atoms. The lowest BCUT2D eigenvalue weighted by Crippen LogP contribution is -3.08. The van der Waals surface area contributed by atoms with E-state index in [4.69, 9.17) is 14.9 Å². The van der Waals surface area contributed by atoms with E-state index in [0.29, 0.717) is 6.54 Å². The molecule has 1 aromatic carbocycles. The molecule has 2 amide bonds. The number of ether oxygens (including phenoxy) is 1. The predicted molar refractivity (Wildman–Crippen MR) is 108 cm³/mol. The Bertz CT molecular complexity index is 886. The van der Waals surface area contributed by atoms with Crippen LogP contribution in [0.25, 0.3) is 0 Å². The van der Waals surface area contributed by atoms with E-state index >= 15 is 0 Å². The smallest absolute Gasteiger partial charge is 0.342 e. The van der Waals surface area contributed by atoms with Crippen LogP contribution >= 0.6 is 0 Å². The zero-order valence-electron chi connectivity index (χ0n) is 17.3. The van der Waals surface area contributed by atoms with Gasteiger partial charge in [-0.05, 0) is 25.8 Å². The summed E-state index contributed by atoms with van der Waals surface area (Å²) < 4.78 is 10.4. The number of benzene rings is 1. The van der Waals surface area contributed by atoms with Gasteiger partial charge in [-0.1, -0.05) is 31.2 Å². The van der Waals surface area contributed by atoms with E-state index in [-0.39, 0.29) is 41.8 Å². The third-order valence-electron chi connectivity index (χ3n) is 4.46. The molecule has 0 saturated heterocycles. The highest BCUT2D eigenvalue weighted by Crippen LogP contribution is 2.27. The molecule has 1 heterocycles. The molecule has 0 saturated carbocycles. The number of hydrogen-bond donors (Lipinski definition) is 3. The Morgan fingerprint density at radius 3 is 2.28 bits per heavy atom. The van der Waals surface area contributed by atoms with Crippen molar-refractivity contribution in [3.8, 4) is 0 Å². The van der Waals surface area contributed by atoms with Crippen LogP contribution in [0.1, 0.15) is 51.5 Å². The van der Waals surface area contributed by atoms with E-state index in [9.17, 15) is 14.4 Å². The van der Waals surface area contributed by atoms with E-state index in [0.717, 1.165) is 16.9 Å². The minimum Gasteiger partial charge on any atom is -0.462 e. The molecule has 1 unspecified atom stereocenters. The van der Waals surface area contributed by atoms with Crippen LogP contribution in [-0.4, -0.2) is 38.0 Å². The molecule has 0 fully saturated rings. The molecule has 8 heteroatoms. The van der Waals surface area contributed by atoms with Crippen LogP contribution in [0.3, 0.4) is 0 Å². The predicted octanol–water partition coefficient (Wildman–Crippen LogP) is 1.08. The van der Waals surface area contributed by atoms with Gasteiger partial charge in [0.2, 0.25) is 5.88 Å². The lowest BCUT2D eigenvalue weighted by atomic mass is 10.1. The second kappa shape index (κ2) is 9.88. The molecule has 8 nitrogen and oxygen atoms in total. The molecule has 1 aromatic heterocycles. The third kappa shape index (κ3) is 5.68. The van der Waals surface area contributed by atoms with Crippen molar-refractivity contribution in [2.24, 2.45) is 5.73 Å². The van der Waals surface area contributed by atoms with Crippen LogP contribution in [0.4, 0.5) is 5.88 Å². The van der Waals surface area contributed by atoms with Crippen LogP contribution in [0.5, 0.6) is 0 Å². The topological polar surface area (TPSA) is 116 Å². The van der Waals surface area contributed by atoms with Gasteiger partial charge in [0, 0.05) is 5.56 Å².